The summed E-state index contributed by atoms with van der Waals surface area (Å²) >= 11 is 0. The van der Waals surface area contributed by atoms with Crippen molar-refractivity contribution in [1.82, 2.24) is 10.2 Å². The number of nitro benzene ring substituents is 1. The van der Waals surface area contributed by atoms with E-state index < -0.39 is 16.9 Å². The second-order valence-electron chi connectivity index (χ2n) is 4.12. The van der Waals surface area contributed by atoms with E-state index in [9.17, 15) is 19.7 Å². The number of benzene rings is 1. The predicted molar refractivity (Wildman–Crippen MR) is 70.2 cm³/mol. The molecule has 0 fully saturated rings. The zero-order valence-electron chi connectivity index (χ0n) is 10.9. The van der Waals surface area contributed by atoms with Crippen molar-refractivity contribution in [2.75, 3.05) is 13.6 Å². The van der Waals surface area contributed by atoms with Crippen LogP contribution >= 0.6 is 0 Å². The number of rotatable bonds is 6. The highest BCUT2D eigenvalue weighted by Crippen LogP contribution is 2.18. The number of urea groups is 1. The van der Waals surface area contributed by atoms with Crippen LogP contribution in [0.5, 0.6) is 0 Å². The molecule has 0 radical (unpaired) electrons. The number of hydrogen-bond donors (Lipinski definition) is 2. The Bertz CT molecular complexity index is 518. The molecule has 0 aliphatic carbocycles. The Morgan fingerprint density at radius 1 is 1.40 bits per heavy atom. The number of aliphatic carboxylic acids is 1. The molecule has 108 valence electrons. The standard InChI is InChI=1S/C12H15N3O5/c1-14(12(18)13-7-6-11(16)17)8-9-4-2-3-5-10(9)15(19)20/h2-5H,6-8H2,1H3,(H,13,18)(H,16,17). The number of nitro groups is 1. The van der Waals surface area contributed by atoms with Crippen molar-refractivity contribution in [3.63, 3.8) is 0 Å². The van der Waals surface area contributed by atoms with Gasteiger partial charge in [0.15, 0.2) is 0 Å². The van der Waals surface area contributed by atoms with Crippen LogP contribution in [0.25, 0.3) is 0 Å². The first-order valence-corrected chi connectivity index (χ1v) is 5.85. The molecule has 0 aliphatic rings. The Kier molecular flexibility index (Phi) is 5.45. The summed E-state index contributed by atoms with van der Waals surface area (Å²) in [6, 6.07) is 5.65. The normalized spacial score (nSPS) is 9.85. The van der Waals surface area contributed by atoms with Crippen molar-refractivity contribution in [2.45, 2.75) is 13.0 Å². The maximum Gasteiger partial charge on any atom is 0.317 e. The molecule has 0 heterocycles. The Morgan fingerprint density at radius 3 is 2.65 bits per heavy atom. The Labute approximate surface area is 115 Å². The summed E-state index contributed by atoms with van der Waals surface area (Å²) in [7, 11) is 1.48. The smallest absolute Gasteiger partial charge is 0.317 e. The average molecular weight is 281 g/mol. The van der Waals surface area contributed by atoms with E-state index in [1.54, 1.807) is 18.2 Å². The van der Waals surface area contributed by atoms with Gasteiger partial charge in [-0.25, -0.2) is 4.79 Å². The minimum atomic E-state index is -1.01. The van der Waals surface area contributed by atoms with Crippen LogP contribution in [-0.2, 0) is 11.3 Å². The number of hydrogen-bond acceptors (Lipinski definition) is 4. The first-order chi connectivity index (χ1) is 9.41. The van der Waals surface area contributed by atoms with Crippen LogP contribution in [0.15, 0.2) is 24.3 Å². The SMILES string of the molecule is CN(Cc1ccccc1[N+](=O)[O-])C(=O)NCCC(=O)O. The lowest BCUT2D eigenvalue weighted by molar-refractivity contribution is -0.385. The molecule has 0 aromatic heterocycles. The third kappa shape index (κ3) is 4.56. The summed E-state index contributed by atoms with van der Waals surface area (Å²) in [5, 5.41) is 21.7. The van der Waals surface area contributed by atoms with E-state index in [1.807, 2.05) is 0 Å². The maximum atomic E-state index is 11.7. The van der Waals surface area contributed by atoms with Crippen molar-refractivity contribution < 1.29 is 19.6 Å². The van der Waals surface area contributed by atoms with Gasteiger partial charge in [0.1, 0.15) is 0 Å². The molecule has 0 saturated carbocycles. The molecule has 8 nitrogen and oxygen atoms in total. The summed E-state index contributed by atoms with van der Waals surface area (Å²) in [4.78, 5) is 33.6. The summed E-state index contributed by atoms with van der Waals surface area (Å²) < 4.78 is 0. The molecule has 0 bridgehead atoms. The highest BCUT2D eigenvalue weighted by atomic mass is 16.6. The van der Waals surface area contributed by atoms with E-state index in [-0.39, 0.29) is 25.2 Å². The molecule has 8 heteroatoms. The Morgan fingerprint density at radius 2 is 2.05 bits per heavy atom. The monoisotopic (exact) mass is 281 g/mol. The molecule has 1 aromatic carbocycles. The van der Waals surface area contributed by atoms with Crippen molar-refractivity contribution in [1.29, 1.82) is 0 Å². The zero-order chi connectivity index (χ0) is 15.1. The second kappa shape index (κ2) is 7.07. The second-order valence-corrected chi connectivity index (χ2v) is 4.12. The number of nitrogens with one attached hydrogen (secondary N) is 1. The van der Waals surface area contributed by atoms with E-state index in [0.717, 1.165) is 0 Å². The van der Waals surface area contributed by atoms with Gasteiger partial charge in [-0.1, -0.05) is 18.2 Å². The third-order valence-electron chi connectivity index (χ3n) is 2.56. The molecule has 2 amide bonds. The number of carbonyl (C=O) groups excluding carboxylic acids is 1. The van der Waals surface area contributed by atoms with Crippen molar-refractivity contribution in [3.05, 3.63) is 39.9 Å². The maximum absolute atomic E-state index is 11.7. The Hall–Kier alpha value is -2.64. The fraction of sp³-hybridized carbons (Fsp3) is 0.333. The van der Waals surface area contributed by atoms with Crippen molar-refractivity contribution >= 4 is 17.7 Å². The van der Waals surface area contributed by atoms with Crippen molar-refractivity contribution in [3.8, 4) is 0 Å². The van der Waals surface area contributed by atoms with E-state index in [1.165, 1.54) is 18.0 Å². The molecule has 1 rings (SSSR count). The van der Waals surface area contributed by atoms with E-state index in [2.05, 4.69) is 5.32 Å². The quantitative estimate of drug-likeness (QED) is 0.601. The molecule has 1 aromatic rings. The van der Waals surface area contributed by atoms with Gasteiger partial charge in [0.05, 0.1) is 17.9 Å². The van der Waals surface area contributed by atoms with Crippen LogP contribution in [0, 0.1) is 10.1 Å². The summed E-state index contributed by atoms with van der Waals surface area (Å²) in [6.45, 7) is 0.0748. The van der Waals surface area contributed by atoms with Gasteiger partial charge in [-0.2, -0.15) is 0 Å². The van der Waals surface area contributed by atoms with E-state index in [4.69, 9.17) is 5.11 Å². The number of nitrogens with zero attached hydrogens (tertiary/aromatic N) is 2. The molecule has 0 unspecified atom stereocenters. The van der Waals surface area contributed by atoms with E-state index in [0.29, 0.717) is 5.56 Å². The minimum absolute atomic E-state index is 0.00932. The van der Waals surface area contributed by atoms with E-state index >= 15 is 0 Å². The van der Waals surface area contributed by atoms with Gasteiger partial charge in [-0.05, 0) is 0 Å². The lowest BCUT2D eigenvalue weighted by atomic mass is 10.2. The molecular formula is C12H15N3O5. The number of para-hydroxylation sites is 1. The van der Waals surface area contributed by atoms with Gasteiger partial charge in [0, 0.05) is 25.2 Å². The Balaban J connectivity index is 2.61. The summed E-state index contributed by atoms with van der Waals surface area (Å²) in [6.07, 6.45) is -0.176. The van der Waals surface area contributed by atoms with Gasteiger partial charge >= 0.3 is 12.0 Å². The summed E-state index contributed by atoms with van der Waals surface area (Å²) in [5.74, 6) is -1.01. The fourth-order valence-corrected chi connectivity index (χ4v) is 1.56. The number of amides is 2. The molecule has 20 heavy (non-hydrogen) atoms. The van der Waals surface area contributed by atoms with Crippen LogP contribution in [-0.4, -0.2) is 40.5 Å². The summed E-state index contributed by atoms with van der Waals surface area (Å²) in [5.41, 5.74) is 0.353. The topological polar surface area (TPSA) is 113 Å². The average Bonchev–Trinajstić information content (AvgIpc) is 2.38. The highest BCUT2D eigenvalue weighted by Gasteiger charge is 2.16. The van der Waals surface area contributed by atoms with Gasteiger partial charge in [0.25, 0.3) is 5.69 Å². The largest absolute Gasteiger partial charge is 0.481 e. The van der Waals surface area contributed by atoms with Crippen LogP contribution in [0.4, 0.5) is 10.5 Å². The molecule has 0 aliphatic heterocycles. The number of carboxylic acid groups (broad SMARTS) is 1. The molecule has 0 spiro atoms. The zero-order valence-corrected chi connectivity index (χ0v) is 10.9. The third-order valence-corrected chi connectivity index (χ3v) is 2.56. The van der Waals surface area contributed by atoms with Gasteiger partial charge in [-0.15, -0.1) is 0 Å². The van der Waals surface area contributed by atoms with Gasteiger partial charge in [-0.3, -0.25) is 14.9 Å². The molecule has 0 atom stereocenters. The first-order valence-electron chi connectivity index (χ1n) is 5.85. The molecular weight excluding hydrogens is 266 g/mol. The van der Waals surface area contributed by atoms with Crippen LogP contribution in [0.3, 0.4) is 0 Å². The lowest BCUT2D eigenvalue weighted by Crippen LogP contribution is -2.37. The van der Waals surface area contributed by atoms with Crippen LogP contribution in [0.1, 0.15) is 12.0 Å². The minimum Gasteiger partial charge on any atom is -0.481 e. The van der Waals surface area contributed by atoms with Gasteiger partial charge < -0.3 is 15.3 Å². The molecule has 0 saturated heterocycles. The fourth-order valence-electron chi connectivity index (χ4n) is 1.56. The molecule has 2 N–H and O–H groups in total. The number of carboxylic acids is 1. The van der Waals surface area contributed by atoms with Gasteiger partial charge in [0.2, 0.25) is 0 Å². The first kappa shape index (κ1) is 15.4. The van der Waals surface area contributed by atoms with Crippen LogP contribution < -0.4 is 5.32 Å². The highest BCUT2D eigenvalue weighted by molar-refractivity contribution is 5.75. The number of carbonyl (C=O) groups is 2. The van der Waals surface area contributed by atoms with Crippen LogP contribution in [0.2, 0.25) is 0 Å². The lowest BCUT2D eigenvalue weighted by Gasteiger charge is -2.17. The predicted octanol–water partition coefficient (Wildman–Crippen LogP) is 1.21. The van der Waals surface area contributed by atoms with Crippen molar-refractivity contribution in [2.24, 2.45) is 0 Å².